The van der Waals surface area contributed by atoms with Crippen molar-refractivity contribution >= 4 is 22.8 Å². The molecule has 5 heteroatoms. The van der Waals surface area contributed by atoms with Gasteiger partial charge in [0.1, 0.15) is 0 Å². The highest BCUT2D eigenvalue weighted by molar-refractivity contribution is 7.99. The quantitative estimate of drug-likeness (QED) is 0.922. The van der Waals surface area contributed by atoms with Crippen molar-refractivity contribution in [3.05, 3.63) is 23.5 Å². The Kier molecular flexibility index (Phi) is 4.50. The topological polar surface area (TPSA) is 42.7 Å². The average molecular weight is 304 g/mol. The van der Waals surface area contributed by atoms with E-state index >= 15 is 0 Å². The molecule has 3 rings (SSSR count). The van der Waals surface area contributed by atoms with Crippen molar-refractivity contribution in [1.82, 2.24) is 20.1 Å². The molecular formula is C16H24N4S. The predicted molar refractivity (Wildman–Crippen MR) is 89.6 cm³/mol. The van der Waals surface area contributed by atoms with Crippen LogP contribution in [0.2, 0.25) is 0 Å². The number of rotatable bonds is 5. The third-order valence-electron chi connectivity index (χ3n) is 4.32. The molecule has 1 saturated carbocycles. The monoisotopic (exact) mass is 304 g/mol. The standard InChI is InChI=1S/C16H24N4S/c1-4-21-15-7-5-6-14(15)17-9-12-8-13-11(2)19-20(3)16(13)18-10-12/h8,10,14-15,17H,4-7,9H2,1-3H3. The molecular weight excluding hydrogens is 280 g/mol. The number of fused-ring (bicyclic) bond motifs is 1. The Morgan fingerprint density at radius 1 is 1.43 bits per heavy atom. The summed E-state index contributed by atoms with van der Waals surface area (Å²) in [6, 6.07) is 2.88. The lowest BCUT2D eigenvalue weighted by atomic mass is 10.2. The number of nitrogens with one attached hydrogen (secondary N) is 1. The van der Waals surface area contributed by atoms with E-state index in [1.54, 1.807) is 0 Å². The molecule has 21 heavy (non-hydrogen) atoms. The Labute approximate surface area is 130 Å². The molecule has 1 N–H and O–H groups in total. The minimum Gasteiger partial charge on any atom is -0.309 e. The van der Waals surface area contributed by atoms with E-state index in [-0.39, 0.29) is 0 Å². The van der Waals surface area contributed by atoms with Gasteiger partial charge in [-0.3, -0.25) is 4.68 Å². The summed E-state index contributed by atoms with van der Waals surface area (Å²) in [6.07, 6.45) is 6.00. The van der Waals surface area contributed by atoms with E-state index in [1.165, 1.54) is 36.0 Å². The minimum absolute atomic E-state index is 0.653. The van der Waals surface area contributed by atoms with Crippen LogP contribution >= 0.6 is 11.8 Å². The van der Waals surface area contributed by atoms with Gasteiger partial charge in [-0.05, 0) is 37.1 Å². The highest BCUT2D eigenvalue weighted by Gasteiger charge is 2.26. The summed E-state index contributed by atoms with van der Waals surface area (Å²) >= 11 is 2.10. The molecule has 0 radical (unpaired) electrons. The normalized spacial score (nSPS) is 22.2. The highest BCUT2D eigenvalue weighted by atomic mass is 32.2. The first kappa shape index (κ1) is 14.9. The van der Waals surface area contributed by atoms with E-state index in [4.69, 9.17) is 0 Å². The molecule has 0 spiro atoms. The first-order valence-electron chi connectivity index (χ1n) is 7.82. The minimum atomic E-state index is 0.653. The third kappa shape index (κ3) is 3.09. The smallest absolute Gasteiger partial charge is 0.157 e. The molecule has 1 fully saturated rings. The van der Waals surface area contributed by atoms with Crippen molar-refractivity contribution in [2.75, 3.05) is 5.75 Å². The van der Waals surface area contributed by atoms with E-state index in [1.807, 2.05) is 24.9 Å². The van der Waals surface area contributed by atoms with Gasteiger partial charge in [0, 0.05) is 36.5 Å². The summed E-state index contributed by atoms with van der Waals surface area (Å²) in [4.78, 5) is 4.56. The van der Waals surface area contributed by atoms with E-state index in [9.17, 15) is 0 Å². The largest absolute Gasteiger partial charge is 0.309 e. The fourth-order valence-electron chi connectivity index (χ4n) is 3.27. The summed E-state index contributed by atoms with van der Waals surface area (Å²) in [5.74, 6) is 1.21. The van der Waals surface area contributed by atoms with Gasteiger partial charge in [-0.2, -0.15) is 16.9 Å². The van der Waals surface area contributed by atoms with Crippen molar-refractivity contribution in [2.24, 2.45) is 7.05 Å². The van der Waals surface area contributed by atoms with Crippen molar-refractivity contribution in [1.29, 1.82) is 0 Å². The zero-order valence-corrected chi connectivity index (χ0v) is 13.9. The van der Waals surface area contributed by atoms with Crippen LogP contribution in [0.5, 0.6) is 0 Å². The summed E-state index contributed by atoms with van der Waals surface area (Å²) in [5.41, 5.74) is 3.28. The highest BCUT2D eigenvalue weighted by Crippen LogP contribution is 2.30. The second-order valence-corrected chi connectivity index (χ2v) is 7.35. The van der Waals surface area contributed by atoms with Crippen LogP contribution in [0.4, 0.5) is 0 Å². The van der Waals surface area contributed by atoms with Gasteiger partial charge in [0.15, 0.2) is 5.65 Å². The number of hydrogen-bond donors (Lipinski definition) is 1. The molecule has 4 nitrogen and oxygen atoms in total. The number of pyridine rings is 1. The third-order valence-corrected chi connectivity index (χ3v) is 5.65. The second-order valence-electron chi connectivity index (χ2n) is 5.84. The molecule has 0 amide bonds. The number of aryl methyl sites for hydroxylation is 2. The lowest BCUT2D eigenvalue weighted by molar-refractivity contribution is 0.532. The van der Waals surface area contributed by atoms with Crippen LogP contribution in [-0.2, 0) is 13.6 Å². The van der Waals surface area contributed by atoms with Crippen molar-refractivity contribution in [2.45, 2.75) is 50.9 Å². The van der Waals surface area contributed by atoms with E-state index in [2.05, 4.69) is 40.2 Å². The van der Waals surface area contributed by atoms with Crippen LogP contribution < -0.4 is 5.32 Å². The van der Waals surface area contributed by atoms with Crippen LogP contribution in [-0.4, -0.2) is 31.8 Å². The molecule has 2 unspecified atom stereocenters. The molecule has 2 aromatic heterocycles. The predicted octanol–water partition coefficient (Wildman–Crippen LogP) is 3.04. The first-order valence-corrected chi connectivity index (χ1v) is 8.87. The maximum Gasteiger partial charge on any atom is 0.157 e. The lowest BCUT2D eigenvalue weighted by Gasteiger charge is -2.20. The number of thioether (sulfide) groups is 1. The Balaban J connectivity index is 1.69. The molecule has 0 bridgehead atoms. The maximum atomic E-state index is 4.56. The van der Waals surface area contributed by atoms with Crippen LogP contribution in [0.1, 0.15) is 37.4 Å². The molecule has 0 saturated heterocycles. The summed E-state index contributed by atoms with van der Waals surface area (Å²) in [7, 11) is 1.95. The first-order chi connectivity index (χ1) is 10.2. The van der Waals surface area contributed by atoms with Gasteiger partial charge >= 0.3 is 0 Å². The van der Waals surface area contributed by atoms with Crippen LogP contribution in [0.25, 0.3) is 11.0 Å². The average Bonchev–Trinajstić information content (AvgIpc) is 3.03. The van der Waals surface area contributed by atoms with E-state index in [0.29, 0.717) is 6.04 Å². The molecule has 1 aliphatic carbocycles. The molecule has 2 heterocycles. The number of hydrogen-bond acceptors (Lipinski definition) is 4. The molecule has 0 aliphatic heterocycles. The van der Waals surface area contributed by atoms with Crippen molar-refractivity contribution < 1.29 is 0 Å². The van der Waals surface area contributed by atoms with Crippen LogP contribution in [0.3, 0.4) is 0 Å². The van der Waals surface area contributed by atoms with Gasteiger partial charge in [-0.25, -0.2) is 4.98 Å². The SMILES string of the molecule is CCSC1CCCC1NCc1cnc2c(c1)c(C)nn2C. The Hall–Kier alpha value is -1.07. The van der Waals surface area contributed by atoms with Crippen LogP contribution in [0, 0.1) is 6.92 Å². The molecule has 2 atom stereocenters. The van der Waals surface area contributed by atoms with Crippen LogP contribution in [0.15, 0.2) is 12.3 Å². The van der Waals surface area contributed by atoms with Gasteiger partial charge in [-0.15, -0.1) is 0 Å². The zero-order chi connectivity index (χ0) is 14.8. The Morgan fingerprint density at radius 3 is 3.10 bits per heavy atom. The second kappa shape index (κ2) is 6.36. The molecule has 0 aromatic carbocycles. The van der Waals surface area contributed by atoms with Crippen molar-refractivity contribution in [3.63, 3.8) is 0 Å². The Morgan fingerprint density at radius 2 is 2.29 bits per heavy atom. The van der Waals surface area contributed by atoms with Crippen molar-refractivity contribution in [3.8, 4) is 0 Å². The summed E-state index contributed by atoms with van der Waals surface area (Å²) < 4.78 is 1.85. The summed E-state index contributed by atoms with van der Waals surface area (Å²) in [6.45, 7) is 5.21. The van der Waals surface area contributed by atoms with Gasteiger partial charge < -0.3 is 5.32 Å². The number of aromatic nitrogens is 3. The molecule has 1 aliphatic rings. The van der Waals surface area contributed by atoms with Gasteiger partial charge in [0.25, 0.3) is 0 Å². The van der Waals surface area contributed by atoms with E-state index < -0.39 is 0 Å². The van der Waals surface area contributed by atoms with Gasteiger partial charge in [-0.1, -0.05) is 13.3 Å². The summed E-state index contributed by atoms with van der Waals surface area (Å²) in [5, 5.41) is 10.1. The van der Waals surface area contributed by atoms with Gasteiger partial charge in [0.05, 0.1) is 5.69 Å². The Bertz CT molecular complexity index is 622. The molecule has 114 valence electrons. The maximum absolute atomic E-state index is 4.56. The number of nitrogens with zero attached hydrogens (tertiary/aromatic N) is 3. The van der Waals surface area contributed by atoms with E-state index in [0.717, 1.165) is 23.1 Å². The molecule has 2 aromatic rings. The zero-order valence-electron chi connectivity index (χ0n) is 13.1. The lowest BCUT2D eigenvalue weighted by Crippen LogP contribution is -2.33. The fraction of sp³-hybridized carbons (Fsp3) is 0.625. The van der Waals surface area contributed by atoms with Gasteiger partial charge in [0.2, 0.25) is 0 Å². The fourth-order valence-corrected chi connectivity index (χ4v) is 4.50.